The van der Waals surface area contributed by atoms with Crippen molar-refractivity contribution >= 4 is 16.9 Å². The van der Waals surface area contributed by atoms with E-state index in [1.165, 1.54) is 6.07 Å². The molecule has 1 atom stereocenters. The molecule has 1 unspecified atom stereocenters. The van der Waals surface area contributed by atoms with E-state index in [0.717, 1.165) is 59.7 Å². The molecule has 1 fully saturated rings. The minimum absolute atomic E-state index is 0.0251. The molecule has 5 nitrogen and oxygen atoms in total. The van der Waals surface area contributed by atoms with Crippen LogP contribution in [0, 0.1) is 12.7 Å². The number of aromatic nitrogens is 1. The molecule has 29 heavy (non-hydrogen) atoms. The number of hydrogen-bond acceptors (Lipinski definition) is 3. The topological polar surface area (TPSA) is 65.6 Å². The fourth-order valence-electron chi connectivity index (χ4n) is 4.45. The average Bonchev–Trinajstić information content (AvgIpc) is 3.21. The van der Waals surface area contributed by atoms with Gasteiger partial charge in [0.2, 0.25) is 0 Å². The molecule has 1 aliphatic heterocycles. The number of rotatable bonds is 5. The highest BCUT2D eigenvalue weighted by molar-refractivity contribution is 5.88. The fraction of sp³-hybridized carbons (Fsp3) is 0.348. The van der Waals surface area contributed by atoms with E-state index in [0.29, 0.717) is 12.1 Å². The van der Waals surface area contributed by atoms with Gasteiger partial charge in [-0.15, -0.1) is 0 Å². The number of nitrogens with one attached hydrogen (secondary N) is 1. The van der Waals surface area contributed by atoms with Crippen LogP contribution in [-0.4, -0.2) is 34.6 Å². The molecule has 0 aliphatic carbocycles. The lowest BCUT2D eigenvalue weighted by Crippen LogP contribution is -2.33. The van der Waals surface area contributed by atoms with Gasteiger partial charge in [-0.25, -0.2) is 9.18 Å². The van der Waals surface area contributed by atoms with E-state index in [1.807, 2.05) is 19.2 Å². The zero-order chi connectivity index (χ0) is 20.5. The highest BCUT2D eigenvalue weighted by Crippen LogP contribution is 2.37. The van der Waals surface area contributed by atoms with Crippen LogP contribution < -0.4 is 4.74 Å². The molecule has 0 amide bonds. The summed E-state index contributed by atoms with van der Waals surface area (Å²) in [5, 5.41) is 10.2. The number of methoxy groups -OCH3 is 1. The first-order valence-corrected chi connectivity index (χ1v) is 9.90. The number of carboxylic acids is 1. The van der Waals surface area contributed by atoms with Gasteiger partial charge in [-0.05, 0) is 56.1 Å². The van der Waals surface area contributed by atoms with E-state index < -0.39 is 11.8 Å². The molecule has 1 aromatic heterocycles. The third-order valence-electron chi connectivity index (χ3n) is 5.91. The molecular formula is C23H25FN2O3. The van der Waals surface area contributed by atoms with E-state index in [9.17, 15) is 9.18 Å². The lowest BCUT2D eigenvalue weighted by Gasteiger charge is -2.36. The first-order chi connectivity index (χ1) is 14.0. The zero-order valence-electron chi connectivity index (χ0n) is 16.7. The normalized spacial score (nSPS) is 17.6. The van der Waals surface area contributed by atoms with Crippen molar-refractivity contribution in [3.63, 3.8) is 0 Å². The second-order valence-corrected chi connectivity index (χ2v) is 7.66. The van der Waals surface area contributed by atoms with Crippen LogP contribution in [0.3, 0.4) is 0 Å². The molecule has 2 aromatic carbocycles. The van der Waals surface area contributed by atoms with Crippen LogP contribution in [0.2, 0.25) is 0 Å². The van der Waals surface area contributed by atoms with Crippen molar-refractivity contribution in [2.45, 2.75) is 38.8 Å². The quantitative estimate of drug-likeness (QED) is 0.633. The third-order valence-corrected chi connectivity index (χ3v) is 5.91. The third kappa shape index (κ3) is 3.60. The number of likely N-dealkylation sites (tertiary alicyclic amines) is 1. The standard InChI is InChI=1S/C23H25FN2O3/c1-14-11-21(29-2)18(16-8-9-25-22(14)16)13-26-10-4-3-5-20(26)17-7-6-15(23(27)28)12-19(17)24/h6-9,11-12,20,25H,3-5,10,13H2,1-2H3,(H,27,28). The van der Waals surface area contributed by atoms with E-state index in [2.05, 4.69) is 16.0 Å². The largest absolute Gasteiger partial charge is 0.496 e. The Morgan fingerprint density at radius 1 is 1.31 bits per heavy atom. The van der Waals surface area contributed by atoms with Crippen LogP contribution in [0.1, 0.15) is 52.4 Å². The Labute approximate surface area is 169 Å². The SMILES string of the molecule is COc1cc(C)c2[nH]ccc2c1CN1CCCCC1c1ccc(C(=O)O)cc1F. The van der Waals surface area contributed by atoms with Crippen molar-refractivity contribution in [3.05, 3.63) is 64.6 Å². The molecule has 2 heterocycles. The van der Waals surface area contributed by atoms with Gasteiger partial charge < -0.3 is 14.8 Å². The summed E-state index contributed by atoms with van der Waals surface area (Å²) in [6.07, 6.45) is 4.84. The van der Waals surface area contributed by atoms with Gasteiger partial charge in [-0.1, -0.05) is 12.5 Å². The van der Waals surface area contributed by atoms with Crippen LogP contribution in [0.25, 0.3) is 10.9 Å². The van der Waals surface area contributed by atoms with Crippen LogP contribution in [0.5, 0.6) is 5.75 Å². The van der Waals surface area contributed by atoms with E-state index in [-0.39, 0.29) is 11.6 Å². The van der Waals surface area contributed by atoms with Crippen molar-refractivity contribution in [1.82, 2.24) is 9.88 Å². The number of aromatic carboxylic acids is 1. The molecule has 0 saturated carbocycles. The van der Waals surface area contributed by atoms with E-state index in [1.54, 1.807) is 13.2 Å². The van der Waals surface area contributed by atoms with Crippen molar-refractivity contribution < 1.29 is 19.0 Å². The number of H-pyrrole nitrogens is 1. The summed E-state index contributed by atoms with van der Waals surface area (Å²) in [6, 6.07) is 8.24. The maximum absolute atomic E-state index is 14.8. The molecule has 0 bridgehead atoms. The summed E-state index contributed by atoms with van der Waals surface area (Å²) in [6.45, 7) is 3.55. The number of nitrogens with zero attached hydrogens (tertiary/aromatic N) is 1. The Bertz CT molecular complexity index is 1060. The highest BCUT2D eigenvalue weighted by Gasteiger charge is 2.28. The maximum Gasteiger partial charge on any atom is 0.335 e. The first kappa shape index (κ1) is 19.5. The summed E-state index contributed by atoms with van der Waals surface area (Å²) >= 11 is 0. The molecule has 6 heteroatoms. The van der Waals surface area contributed by atoms with Gasteiger partial charge >= 0.3 is 5.97 Å². The van der Waals surface area contributed by atoms with Crippen LogP contribution >= 0.6 is 0 Å². The Kier molecular flexibility index (Phi) is 5.28. The second kappa shape index (κ2) is 7.87. The first-order valence-electron chi connectivity index (χ1n) is 9.90. The predicted molar refractivity (Wildman–Crippen MR) is 110 cm³/mol. The summed E-state index contributed by atoms with van der Waals surface area (Å²) in [7, 11) is 1.68. The van der Waals surface area contributed by atoms with Crippen molar-refractivity contribution in [2.24, 2.45) is 0 Å². The Morgan fingerprint density at radius 3 is 2.86 bits per heavy atom. The van der Waals surface area contributed by atoms with Gasteiger partial charge in [0.15, 0.2) is 0 Å². The number of hydrogen-bond donors (Lipinski definition) is 2. The molecule has 1 saturated heterocycles. The average molecular weight is 396 g/mol. The number of carbonyl (C=O) groups is 1. The number of benzene rings is 2. The smallest absolute Gasteiger partial charge is 0.335 e. The number of ether oxygens (including phenoxy) is 1. The molecule has 0 spiro atoms. The summed E-state index contributed by atoms with van der Waals surface area (Å²) in [5.74, 6) is -0.736. The summed E-state index contributed by atoms with van der Waals surface area (Å²) in [4.78, 5) is 16.7. The van der Waals surface area contributed by atoms with Crippen molar-refractivity contribution in [2.75, 3.05) is 13.7 Å². The van der Waals surface area contributed by atoms with Crippen LogP contribution in [0.4, 0.5) is 4.39 Å². The van der Waals surface area contributed by atoms with Crippen molar-refractivity contribution in [1.29, 1.82) is 0 Å². The van der Waals surface area contributed by atoms with Gasteiger partial charge in [0.05, 0.1) is 12.7 Å². The summed E-state index contributed by atoms with van der Waals surface area (Å²) in [5.41, 5.74) is 3.83. The van der Waals surface area contributed by atoms with Gasteiger partial charge in [-0.3, -0.25) is 4.90 Å². The number of fused-ring (bicyclic) bond motifs is 1. The number of aromatic amines is 1. The fourth-order valence-corrected chi connectivity index (χ4v) is 4.45. The number of carboxylic acid groups (broad SMARTS) is 1. The Hall–Kier alpha value is -2.86. The molecule has 4 rings (SSSR count). The predicted octanol–water partition coefficient (Wildman–Crippen LogP) is 5.05. The molecule has 2 N–H and O–H groups in total. The van der Waals surface area contributed by atoms with Gasteiger partial charge in [0.1, 0.15) is 11.6 Å². The molecule has 1 aliphatic rings. The van der Waals surface area contributed by atoms with Gasteiger partial charge in [-0.2, -0.15) is 0 Å². The second-order valence-electron chi connectivity index (χ2n) is 7.66. The maximum atomic E-state index is 14.8. The summed E-state index contributed by atoms with van der Waals surface area (Å²) < 4.78 is 20.5. The van der Waals surface area contributed by atoms with Crippen LogP contribution in [0.15, 0.2) is 36.5 Å². The zero-order valence-corrected chi connectivity index (χ0v) is 16.7. The Balaban J connectivity index is 1.71. The molecule has 152 valence electrons. The lowest BCUT2D eigenvalue weighted by molar-refractivity contribution is 0.0696. The molecule has 3 aromatic rings. The monoisotopic (exact) mass is 396 g/mol. The number of piperidine rings is 1. The molecular weight excluding hydrogens is 371 g/mol. The highest BCUT2D eigenvalue weighted by atomic mass is 19.1. The van der Waals surface area contributed by atoms with E-state index in [4.69, 9.17) is 9.84 Å². The van der Waals surface area contributed by atoms with Gasteiger partial charge in [0, 0.05) is 40.8 Å². The molecule has 0 radical (unpaired) electrons. The Morgan fingerprint density at radius 2 is 2.14 bits per heavy atom. The number of aryl methyl sites for hydroxylation is 1. The minimum atomic E-state index is -1.12. The lowest BCUT2D eigenvalue weighted by atomic mass is 9.93. The number of halogens is 1. The van der Waals surface area contributed by atoms with Gasteiger partial charge in [0.25, 0.3) is 0 Å². The van der Waals surface area contributed by atoms with Crippen LogP contribution in [-0.2, 0) is 6.54 Å². The van der Waals surface area contributed by atoms with E-state index >= 15 is 0 Å². The van der Waals surface area contributed by atoms with Crippen molar-refractivity contribution in [3.8, 4) is 5.75 Å². The minimum Gasteiger partial charge on any atom is -0.496 e.